The number of benzene rings is 1. The van der Waals surface area contributed by atoms with Gasteiger partial charge in [-0.05, 0) is 23.3 Å². The zero-order chi connectivity index (χ0) is 19.5. The number of thioether (sulfide) groups is 1. The van der Waals surface area contributed by atoms with Crippen molar-refractivity contribution in [1.29, 1.82) is 0 Å². The van der Waals surface area contributed by atoms with Gasteiger partial charge in [-0.1, -0.05) is 12.1 Å². The summed E-state index contributed by atoms with van der Waals surface area (Å²) in [7, 11) is 3.19. The van der Waals surface area contributed by atoms with Gasteiger partial charge in [-0.2, -0.15) is 0 Å². The molecule has 9 heteroatoms. The minimum absolute atomic E-state index is 0.0132. The molecule has 1 heterocycles. The van der Waals surface area contributed by atoms with Crippen LogP contribution in [-0.2, 0) is 25.4 Å². The van der Waals surface area contributed by atoms with Gasteiger partial charge < -0.3 is 28.4 Å². The van der Waals surface area contributed by atoms with Crippen molar-refractivity contribution in [3.8, 4) is 11.5 Å². The van der Waals surface area contributed by atoms with Crippen LogP contribution in [0.5, 0.6) is 11.5 Å². The molecule has 0 aromatic heterocycles. The molecule has 1 aromatic rings. The Kier molecular flexibility index (Phi) is 10.1. The average Bonchev–Trinajstić information content (AvgIpc) is 3.15. The van der Waals surface area contributed by atoms with Crippen LogP contribution in [-0.4, -0.2) is 85.2 Å². The highest BCUT2D eigenvalue weighted by molar-refractivity contribution is 8.00. The predicted octanol–water partition coefficient (Wildman–Crippen LogP) is 1.39. The van der Waals surface area contributed by atoms with Crippen molar-refractivity contribution in [3.63, 3.8) is 0 Å². The van der Waals surface area contributed by atoms with Crippen LogP contribution in [0.4, 0.5) is 0 Å². The van der Waals surface area contributed by atoms with Crippen molar-refractivity contribution in [2.45, 2.75) is 5.37 Å². The maximum atomic E-state index is 12.5. The van der Waals surface area contributed by atoms with E-state index in [1.807, 2.05) is 24.3 Å². The van der Waals surface area contributed by atoms with Crippen LogP contribution in [0.15, 0.2) is 24.3 Å². The number of nitrogens with zero attached hydrogens (tertiary/aromatic N) is 1. The first kappa shape index (κ1) is 22.2. The lowest BCUT2D eigenvalue weighted by molar-refractivity contribution is -0.128. The Morgan fingerprint density at radius 3 is 2.78 bits per heavy atom. The summed E-state index contributed by atoms with van der Waals surface area (Å²) < 4.78 is 33.4. The predicted molar refractivity (Wildman–Crippen MR) is 107 cm³/mol. The average molecular weight is 418 g/mol. The maximum Gasteiger partial charge on any atom is 0.273 e. The third-order valence-electron chi connectivity index (χ3n) is 3.93. The summed E-state index contributed by atoms with van der Waals surface area (Å²) in [4.78, 5) is 14.3. The molecule has 1 amide bonds. The van der Waals surface area contributed by atoms with Gasteiger partial charge in [-0.25, -0.2) is 0 Å². The molecule has 2 atom stereocenters. The SMILES string of the molecule is COCCOCC[S+]([O-])CC(=O)N1CCS[C@H]1COc1ccccc1OC. The number of methoxy groups -OCH3 is 2. The van der Waals surface area contributed by atoms with Gasteiger partial charge in [-0.15, -0.1) is 11.8 Å². The van der Waals surface area contributed by atoms with E-state index >= 15 is 0 Å². The largest absolute Gasteiger partial charge is 0.616 e. The molecule has 0 spiro atoms. The molecule has 1 aliphatic rings. The standard InChI is InChI=1S/C18H27NO6S2/c1-22-8-9-24-10-12-27(21)14-17(20)19-7-11-26-18(19)13-25-16-6-4-3-5-15(16)23-2/h3-6,18H,7-14H2,1-2H3/t18-,27?/m0/s1. The lowest BCUT2D eigenvalue weighted by atomic mass is 10.3. The fourth-order valence-corrected chi connectivity index (χ4v) is 4.56. The van der Waals surface area contributed by atoms with E-state index in [-0.39, 0.29) is 17.0 Å². The molecule has 0 bridgehead atoms. The van der Waals surface area contributed by atoms with Gasteiger partial charge in [0.1, 0.15) is 17.7 Å². The Labute approximate surface area is 167 Å². The van der Waals surface area contributed by atoms with Crippen LogP contribution < -0.4 is 9.47 Å². The van der Waals surface area contributed by atoms with Crippen molar-refractivity contribution in [2.75, 3.05) is 64.5 Å². The summed E-state index contributed by atoms with van der Waals surface area (Å²) in [5.41, 5.74) is 0. The maximum absolute atomic E-state index is 12.5. The van der Waals surface area contributed by atoms with Crippen molar-refractivity contribution in [1.82, 2.24) is 4.90 Å². The minimum atomic E-state index is -1.24. The van der Waals surface area contributed by atoms with Crippen molar-refractivity contribution in [2.24, 2.45) is 0 Å². The Bertz CT molecular complexity index is 577. The molecule has 0 radical (unpaired) electrons. The molecule has 152 valence electrons. The first-order valence-electron chi connectivity index (χ1n) is 8.74. The zero-order valence-electron chi connectivity index (χ0n) is 15.8. The Morgan fingerprint density at radius 1 is 1.26 bits per heavy atom. The van der Waals surface area contributed by atoms with E-state index in [2.05, 4.69) is 0 Å². The number of ether oxygens (including phenoxy) is 4. The molecule has 27 heavy (non-hydrogen) atoms. The lowest BCUT2D eigenvalue weighted by Gasteiger charge is -2.24. The zero-order valence-corrected chi connectivity index (χ0v) is 17.4. The quantitative estimate of drug-likeness (QED) is 0.375. The number of amides is 1. The van der Waals surface area contributed by atoms with Crippen LogP contribution in [0.25, 0.3) is 0 Å². The van der Waals surface area contributed by atoms with Crippen molar-refractivity contribution in [3.05, 3.63) is 24.3 Å². The molecular formula is C18H27NO6S2. The smallest absolute Gasteiger partial charge is 0.273 e. The number of rotatable bonds is 12. The molecule has 0 aliphatic carbocycles. The highest BCUT2D eigenvalue weighted by Gasteiger charge is 2.32. The molecule has 1 fully saturated rings. The number of carbonyl (C=O) groups is 1. The summed E-state index contributed by atoms with van der Waals surface area (Å²) in [6.45, 7) is 2.34. The summed E-state index contributed by atoms with van der Waals surface area (Å²) in [6.07, 6.45) is 0. The van der Waals surface area contributed by atoms with E-state index < -0.39 is 11.2 Å². The van der Waals surface area contributed by atoms with Gasteiger partial charge in [0.2, 0.25) is 0 Å². The van der Waals surface area contributed by atoms with Crippen LogP contribution in [0.3, 0.4) is 0 Å². The van der Waals surface area contributed by atoms with Crippen molar-refractivity contribution < 1.29 is 28.3 Å². The third-order valence-corrected chi connectivity index (χ3v) is 6.32. The van der Waals surface area contributed by atoms with Gasteiger partial charge in [0.05, 0.1) is 26.9 Å². The summed E-state index contributed by atoms with van der Waals surface area (Å²) in [5, 5.41) is -0.0858. The molecule has 7 nitrogen and oxygen atoms in total. The topological polar surface area (TPSA) is 80.3 Å². The summed E-state index contributed by atoms with van der Waals surface area (Å²) in [6, 6.07) is 7.42. The number of carbonyl (C=O) groups excluding carboxylic acids is 1. The first-order valence-corrected chi connectivity index (χ1v) is 11.3. The Hall–Kier alpha value is -1.13. The molecule has 0 saturated carbocycles. The van der Waals surface area contributed by atoms with Gasteiger partial charge in [0, 0.05) is 19.4 Å². The van der Waals surface area contributed by atoms with Crippen LogP contribution >= 0.6 is 11.8 Å². The fourth-order valence-electron chi connectivity index (χ4n) is 2.53. The van der Waals surface area contributed by atoms with E-state index in [1.54, 1.807) is 30.9 Å². The fraction of sp³-hybridized carbons (Fsp3) is 0.611. The number of hydrogen-bond acceptors (Lipinski definition) is 7. The van der Waals surface area contributed by atoms with E-state index in [0.29, 0.717) is 50.2 Å². The highest BCUT2D eigenvalue weighted by atomic mass is 32.2. The third kappa shape index (κ3) is 7.42. The molecule has 2 rings (SSSR count). The molecular weight excluding hydrogens is 390 g/mol. The summed E-state index contributed by atoms with van der Waals surface area (Å²) >= 11 is 0.429. The van der Waals surface area contributed by atoms with Gasteiger partial charge >= 0.3 is 0 Å². The van der Waals surface area contributed by atoms with Gasteiger partial charge in [0.15, 0.2) is 17.3 Å². The monoisotopic (exact) mass is 417 g/mol. The molecule has 1 saturated heterocycles. The second-order valence-corrected chi connectivity index (χ2v) is 8.63. The van der Waals surface area contributed by atoms with Crippen molar-refractivity contribution >= 4 is 28.8 Å². The molecule has 1 unspecified atom stereocenters. The Morgan fingerprint density at radius 2 is 2.04 bits per heavy atom. The van der Waals surface area contributed by atoms with Crippen LogP contribution in [0.1, 0.15) is 0 Å². The number of para-hydroxylation sites is 2. The lowest BCUT2D eigenvalue weighted by Crippen LogP contribution is -2.41. The normalized spacial score (nSPS) is 17.7. The van der Waals surface area contributed by atoms with Gasteiger partial charge in [0.25, 0.3) is 5.91 Å². The minimum Gasteiger partial charge on any atom is -0.616 e. The van der Waals surface area contributed by atoms with E-state index in [4.69, 9.17) is 18.9 Å². The second-order valence-electron chi connectivity index (χ2n) is 5.77. The van der Waals surface area contributed by atoms with Gasteiger partial charge in [-0.3, -0.25) is 4.79 Å². The molecule has 1 aromatic carbocycles. The second kappa shape index (κ2) is 12.4. The van der Waals surface area contributed by atoms with E-state index in [1.165, 1.54) is 0 Å². The van der Waals surface area contributed by atoms with Crippen LogP contribution in [0, 0.1) is 0 Å². The number of hydrogen-bond donors (Lipinski definition) is 0. The molecule has 0 N–H and O–H groups in total. The Balaban J connectivity index is 1.76. The van der Waals surface area contributed by atoms with E-state index in [0.717, 1.165) is 5.75 Å². The summed E-state index contributed by atoms with van der Waals surface area (Å²) in [5.74, 6) is 2.41. The highest BCUT2D eigenvalue weighted by Crippen LogP contribution is 2.29. The first-order chi connectivity index (χ1) is 13.2. The molecule has 1 aliphatic heterocycles. The van der Waals surface area contributed by atoms with Crippen LogP contribution in [0.2, 0.25) is 0 Å². The van der Waals surface area contributed by atoms with E-state index in [9.17, 15) is 9.35 Å².